The van der Waals surface area contributed by atoms with E-state index in [1.807, 2.05) is 21.1 Å². The number of hydrogen-bond acceptors (Lipinski definition) is 7. The van der Waals surface area contributed by atoms with E-state index in [-0.39, 0.29) is 32.2 Å². The van der Waals surface area contributed by atoms with Gasteiger partial charge in [-0.2, -0.15) is 0 Å². The molecule has 546 valence electrons. The van der Waals surface area contributed by atoms with Crippen molar-refractivity contribution in [1.82, 2.24) is 0 Å². The number of carboxylic acids is 1. The molecule has 1 N–H and O–H groups in total. The highest BCUT2D eigenvalue weighted by atomic mass is 16.7. The van der Waals surface area contributed by atoms with Crippen molar-refractivity contribution in [1.29, 1.82) is 0 Å². The van der Waals surface area contributed by atoms with E-state index in [1.165, 1.54) is 218 Å². The van der Waals surface area contributed by atoms with Crippen LogP contribution in [0.4, 0.5) is 0 Å². The zero-order chi connectivity index (χ0) is 69.0. The van der Waals surface area contributed by atoms with Gasteiger partial charge < -0.3 is 28.5 Å². The number of carbonyl (C=O) groups is 3. The van der Waals surface area contributed by atoms with Gasteiger partial charge in [0.15, 0.2) is 6.10 Å². The van der Waals surface area contributed by atoms with E-state index in [9.17, 15) is 19.5 Å². The normalized spacial score (nSPS) is 13.3. The molecule has 0 heterocycles. The average Bonchev–Trinajstić information content (AvgIpc) is 3.24. The second-order valence-electron chi connectivity index (χ2n) is 27.6. The lowest BCUT2D eigenvalue weighted by molar-refractivity contribution is -0.870. The molecule has 0 fully saturated rings. The van der Waals surface area contributed by atoms with Crippen LogP contribution in [0.25, 0.3) is 0 Å². The van der Waals surface area contributed by atoms with E-state index in [2.05, 4.69) is 135 Å². The Bertz CT molecular complexity index is 1980. The van der Waals surface area contributed by atoms with Gasteiger partial charge in [0.05, 0.1) is 34.4 Å². The van der Waals surface area contributed by atoms with Crippen LogP contribution in [0.2, 0.25) is 0 Å². The topological polar surface area (TPSA) is 108 Å². The molecule has 0 aromatic rings. The molecule has 0 bridgehead atoms. The minimum absolute atomic E-state index is 0.176. The first kappa shape index (κ1) is 90.7. The summed E-state index contributed by atoms with van der Waals surface area (Å²) >= 11 is 0. The molecule has 0 saturated heterocycles. The van der Waals surface area contributed by atoms with Crippen LogP contribution in [0.5, 0.6) is 0 Å². The molecule has 0 spiro atoms. The largest absolute Gasteiger partial charge is 0.477 e. The molecule has 9 heteroatoms. The van der Waals surface area contributed by atoms with E-state index >= 15 is 0 Å². The van der Waals surface area contributed by atoms with Crippen LogP contribution in [-0.2, 0) is 33.3 Å². The number of allylic oxidation sites excluding steroid dienone is 20. The van der Waals surface area contributed by atoms with Gasteiger partial charge in [0.2, 0.25) is 0 Å². The Morgan fingerprint density at radius 1 is 0.326 bits per heavy atom. The zero-order valence-corrected chi connectivity index (χ0v) is 62.6. The maximum atomic E-state index is 13.0. The van der Waals surface area contributed by atoms with Gasteiger partial charge in [0, 0.05) is 12.8 Å². The third-order valence-electron chi connectivity index (χ3n) is 17.2. The van der Waals surface area contributed by atoms with Crippen LogP contribution in [0.1, 0.15) is 348 Å². The molecule has 0 aliphatic heterocycles. The van der Waals surface area contributed by atoms with Crippen molar-refractivity contribution >= 4 is 17.9 Å². The van der Waals surface area contributed by atoms with Crippen molar-refractivity contribution in [3.05, 3.63) is 122 Å². The molecule has 2 unspecified atom stereocenters. The molecule has 0 aliphatic carbocycles. The fourth-order valence-electron chi connectivity index (χ4n) is 11.2. The van der Waals surface area contributed by atoms with Gasteiger partial charge in [-0.3, -0.25) is 9.59 Å². The quantitative estimate of drug-likeness (QED) is 0.0211. The Balaban J connectivity index is 4.07. The Hall–Kier alpha value is -4.31. The van der Waals surface area contributed by atoms with Crippen molar-refractivity contribution in [2.45, 2.75) is 360 Å². The van der Waals surface area contributed by atoms with E-state index < -0.39 is 24.3 Å². The highest BCUT2D eigenvalue weighted by molar-refractivity contribution is 5.71. The molecule has 95 heavy (non-hydrogen) atoms. The zero-order valence-electron chi connectivity index (χ0n) is 62.6. The number of unbranched alkanes of at least 4 members (excludes halogenated alkanes) is 38. The van der Waals surface area contributed by atoms with E-state index in [1.54, 1.807) is 0 Å². The van der Waals surface area contributed by atoms with Crippen molar-refractivity contribution < 1.29 is 42.9 Å². The molecule has 0 aromatic carbocycles. The Morgan fingerprint density at radius 3 is 0.916 bits per heavy atom. The van der Waals surface area contributed by atoms with Crippen LogP contribution < -0.4 is 0 Å². The van der Waals surface area contributed by atoms with Crippen molar-refractivity contribution in [3.63, 3.8) is 0 Å². The second kappa shape index (κ2) is 75.5. The van der Waals surface area contributed by atoms with Crippen LogP contribution in [0.15, 0.2) is 122 Å². The second-order valence-corrected chi connectivity index (χ2v) is 27.6. The molecular formula is C86H150NO8+. The number of aliphatic carboxylic acids is 1. The summed E-state index contributed by atoms with van der Waals surface area (Å²) in [6, 6.07) is 0. The van der Waals surface area contributed by atoms with Crippen LogP contribution in [0.3, 0.4) is 0 Å². The predicted octanol–water partition coefficient (Wildman–Crippen LogP) is 25.5. The monoisotopic (exact) mass is 1330 g/mol. The lowest BCUT2D eigenvalue weighted by atomic mass is 10.0. The summed E-state index contributed by atoms with van der Waals surface area (Å²) < 4.78 is 23.0. The van der Waals surface area contributed by atoms with Gasteiger partial charge in [0.1, 0.15) is 13.2 Å². The number of esters is 2. The highest BCUT2D eigenvalue weighted by Gasteiger charge is 2.25. The summed E-state index contributed by atoms with van der Waals surface area (Å²) in [4.78, 5) is 37.7. The van der Waals surface area contributed by atoms with Gasteiger partial charge in [-0.1, -0.05) is 347 Å². The minimum Gasteiger partial charge on any atom is -0.477 e. The molecule has 2 atom stereocenters. The summed E-state index contributed by atoms with van der Waals surface area (Å²) in [5.74, 6) is -2.05. The third-order valence-corrected chi connectivity index (χ3v) is 17.2. The van der Waals surface area contributed by atoms with Crippen LogP contribution >= 0.6 is 0 Å². The Kier molecular flexibility index (Phi) is 72.0. The first-order valence-electron chi connectivity index (χ1n) is 39.7. The average molecular weight is 1330 g/mol. The highest BCUT2D eigenvalue weighted by Crippen LogP contribution is 2.18. The molecule has 9 nitrogen and oxygen atoms in total. The summed E-state index contributed by atoms with van der Waals surface area (Å²) in [6.07, 6.45) is 105. The summed E-state index contributed by atoms with van der Waals surface area (Å²) in [7, 11) is 5.97. The Morgan fingerprint density at radius 2 is 0.600 bits per heavy atom. The number of ether oxygens (including phenoxy) is 4. The van der Waals surface area contributed by atoms with Crippen LogP contribution in [0, 0.1) is 0 Å². The minimum atomic E-state index is -1.53. The van der Waals surface area contributed by atoms with Gasteiger partial charge in [-0.05, 0) is 109 Å². The number of carbonyl (C=O) groups excluding carboxylic acids is 2. The number of hydrogen-bond donors (Lipinski definition) is 1. The van der Waals surface area contributed by atoms with Crippen molar-refractivity contribution in [3.8, 4) is 0 Å². The molecule has 0 radical (unpaired) electrons. The predicted molar refractivity (Wildman–Crippen MR) is 410 cm³/mol. The fourth-order valence-corrected chi connectivity index (χ4v) is 11.2. The number of rotatable bonds is 73. The first-order valence-corrected chi connectivity index (χ1v) is 39.7. The maximum absolute atomic E-state index is 13.0. The Labute approximate surface area is 587 Å². The fraction of sp³-hybridized carbons (Fsp3) is 0.733. The van der Waals surface area contributed by atoms with E-state index in [4.69, 9.17) is 18.9 Å². The van der Waals surface area contributed by atoms with Gasteiger partial charge in [-0.15, -0.1) is 0 Å². The van der Waals surface area contributed by atoms with E-state index in [0.29, 0.717) is 23.9 Å². The molecule has 0 rings (SSSR count). The SMILES string of the molecule is CC/C=C\C/C=C\C/C=C\C/C=C\C/C=C\C/C=C\C/C=C\C/C=C\C/C=C\CCCCCC(=O)OC(COC(=O)CCCCCCCCCCCCCCCCCCCCCCCCCCCCC/C=C\CCCCCCCCCC)COC(OCC[N+](C)(C)C)C(=O)O. The molecular weight excluding hydrogens is 1170 g/mol. The lowest BCUT2D eigenvalue weighted by Gasteiger charge is -2.25. The molecule has 0 amide bonds. The molecule has 0 aromatic heterocycles. The number of carboxylic acid groups (broad SMARTS) is 1. The maximum Gasteiger partial charge on any atom is 0.361 e. The number of nitrogens with zero attached hydrogens (tertiary/aromatic N) is 1. The summed E-state index contributed by atoms with van der Waals surface area (Å²) in [5, 5.41) is 9.76. The van der Waals surface area contributed by atoms with Gasteiger partial charge in [0.25, 0.3) is 6.29 Å². The number of likely N-dealkylation sites (N-methyl/N-ethyl adjacent to an activating group) is 1. The van der Waals surface area contributed by atoms with E-state index in [0.717, 1.165) is 96.3 Å². The standard InChI is InChI=1S/C86H149NO8/c1-6-8-10-12-14-16-18-20-22-24-26-28-30-32-34-36-38-39-40-41-42-43-44-45-47-48-50-52-54-56-58-60-62-64-66-68-70-72-74-76-83(88)93-80-82(81-94-86(85(90)91)92-79-78-87(3,4)5)95-84(89)77-75-73-71-69-67-65-63-61-59-57-55-53-51-49-46-37-35-33-31-29-27-25-23-21-19-17-15-13-11-9-7-2/h9,11,15,17,21,23-24,26-27,29,33,35,46,49,53,55,59,61,65,67,82,86H,6-8,10,12-14,16,18-20,22,25,28,30-32,34,36-45,47-48,50-52,54,56-58,60,62-64,66,68-81H2,1-5H3/p+1/b11-9-,17-15-,23-21-,26-24-,29-27-,35-33-,49-46-,55-53-,61-59-,67-65-. The third kappa shape index (κ3) is 76.9. The van der Waals surface area contributed by atoms with Gasteiger partial charge in [-0.25, -0.2) is 4.79 Å². The molecule has 0 saturated carbocycles. The summed E-state index contributed by atoms with van der Waals surface area (Å²) in [5.41, 5.74) is 0. The molecule has 0 aliphatic rings. The van der Waals surface area contributed by atoms with Crippen molar-refractivity contribution in [2.24, 2.45) is 0 Å². The van der Waals surface area contributed by atoms with Crippen LogP contribution in [-0.4, -0.2) is 87.4 Å². The number of quaternary nitrogens is 1. The summed E-state index contributed by atoms with van der Waals surface area (Å²) in [6.45, 7) is 4.75. The van der Waals surface area contributed by atoms with Gasteiger partial charge >= 0.3 is 17.9 Å². The smallest absolute Gasteiger partial charge is 0.361 e. The van der Waals surface area contributed by atoms with Crippen molar-refractivity contribution in [2.75, 3.05) is 47.5 Å². The first-order chi connectivity index (χ1) is 46.6. The lowest BCUT2D eigenvalue weighted by Crippen LogP contribution is -2.40.